The average Bonchev–Trinajstić information content (AvgIpc) is 2.99. The summed E-state index contributed by atoms with van der Waals surface area (Å²) in [5, 5.41) is 22.4. The van der Waals surface area contributed by atoms with Gasteiger partial charge in [-0.25, -0.2) is 0 Å². The van der Waals surface area contributed by atoms with Crippen LogP contribution < -0.4 is 11.1 Å². The third-order valence-corrected chi connectivity index (χ3v) is 8.94. The fourth-order valence-electron chi connectivity index (χ4n) is 7.68. The molecule has 1 amide bonds. The predicted molar refractivity (Wildman–Crippen MR) is 118 cm³/mol. The molecule has 0 aromatic carbocycles. The Hall–Kier alpha value is -1.69. The maximum absolute atomic E-state index is 13.7. The average molecular weight is 447 g/mol. The van der Waals surface area contributed by atoms with Crippen LogP contribution in [-0.2, 0) is 14.3 Å². The molecule has 1 heterocycles. The molecule has 1 saturated heterocycles. The Bertz CT molecular complexity index is 794. The van der Waals surface area contributed by atoms with Crippen molar-refractivity contribution in [3.8, 4) is 6.07 Å². The number of carbonyl (C=O) groups excluding carboxylic acids is 2. The van der Waals surface area contributed by atoms with Crippen LogP contribution >= 0.6 is 0 Å². The largest absolute Gasteiger partial charge is 0.458 e. The Kier molecular flexibility index (Phi) is 6.06. The van der Waals surface area contributed by atoms with Crippen molar-refractivity contribution < 1.29 is 19.4 Å². The van der Waals surface area contributed by atoms with Crippen LogP contribution in [0, 0.1) is 34.5 Å². The van der Waals surface area contributed by atoms with E-state index in [2.05, 4.69) is 18.3 Å². The monoisotopic (exact) mass is 446 g/mol. The van der Waals surface area contributed by atoms with Crippen LogP contribution in [0.15, 0.2) is 0 Å². The molecular weight excluding hydrogens is 408 g/mol. The van der Waals surface area contributed by atoms with Gasteiger partial charge in [-0.3, -0.25) is 9.59 Å². The van der Waals surface area contributed by atoms with Crippen LogP contribution in [0.4, 0.5) is 0 Å². The van der Waals surface area contributed by atoms with Crippen LogP contribution in [0.5, 0.6) is 0 Å². The molecule has 5 fully saturated rings. The number of esters is 1. The third-order valence-electron chi connectivity index (χ3n) is 8.94. The van der Waals surface area contributed by atoms with Gasteiger partial charge in [0.05, 0.1) is 18.2 Å². The number of nitrogens with two attached hydrogens (primary N) is 1. The Morgan fingerprint density at radius 2 is 1.84 bits per heavy atom. The van der Waals surface area contributed by atoms with Crippen LogP contribution in [0.2, 0.25) is 0 Å². The number of aliphatic hydroxyl groups excluding tert-OH is 1. The number of nitriles is 1. The first-order valence-corrected chi connectivity index (χ1v) is 12.1. The SMILES string of the molecule is CN[C@H](C(=O)OC12CC3CC(C1)CC([C@H](N)C(=O)N1C(C)[C@@H](C)C[C@H]1C#N)(C3)C2)C(C)O. The Balaban J connectivity index is 1.58. The van der Waals surface area contributed by atoms with E-state index in [0.29, 0.717) is 24.7 Å². The molecule has 1 aliphatic heterocycles. The second-order valence-electron chi connectivity index (χ2n) is 11.3. The van der Waals surface area contributed by atoms with Crippen molar-refractivity contribution in [2.45, 2.75) is 102 Å². The number of hydrogen-bond acceptors (Lipinski definition) is 7. The van der Waals surface area contributed by atoms with Gasteiger partial charge in [0.1, 0.15) is 17.7 Å². The van der Waals surface area contributed by atoms with E-state index >= 15 is 0 Å². The zero-order valence-electron chi connectivity index (χ0n) is 19.7. The van der Waals surface area contributed by atoms with Crippen molar-refractivity contribution in [3.63, 3.8) is 0 Å². The lowest BCUT2D eigenvalue weighted by molar-refractivity contribution is -0.209. The van der Waals surface area contributed by atoms with Gasteiger partial charge in [-0.2, -0.15) is 5.26 Å². The number of hydrogen-bond donors (Lipinski definition) is 3. The van der Waals surface area contributed by atoms with Crippen molar-refractivity contribution in [2.75, 3.05) is 7.05 Å². The maximum Gasteiger partial charge on any atom is 0.326 e. The summed E-state index contributed by atoms with van der Waals surface area (Å²) in [6.07, 6.45) is 4.83. The summed E-state index contributed by atoms with van der Waals surface area (Å²) in [6.45, 7) is 5.65. The van der Waals surface area contributed by atoms with Gasteiger partial charge in [-0.1, -0.05) is 6.92 Å². The fraction of sp³-hybridized carbons (Fsp3) is 0.875. The van der Waals surface area contributed by atoms with Gasteiger partial charge in [0.25, 0.3) is 0 Å². The normalized spacial score (nSPS) is 42.9. The minimum Gasteiger partial charge on any atom is -0.458 e. The molecule has 4 unspecified atom stereocenters. The van der Waals surface area contributed by atoms with E-state index in [1.807, 2.05) is 6.92 Å². The number of nitrogens with one attached hydrogen (secondary N) is 1. The Morgan fingerprint density at radius 3 is 2.38 bits per heavy atom. The molecule has 4 bridgehead atoms. The molecule has 4 aliphatic carbocycles. The molecule has 0 radical (unpaired) electrons. The highest BCUT2D eigenvalue weighted by atomic mass is 16.6. The second-order valence-corrected chi connectivity index (χ2v) is 11.3. The highest BCUT2D eigenvalue weighted by Crippen LogP contribution is 2.64. The smallest absolute Gasteiger partial charge is 0.326 e. The minimum absolute atomic E-state index is 0.0127. The van der Waals surface area contributed by atoms with Crippen molar-refractivity contribution >= 4 is 11.9 Å². The molecule has 0 spiro atoms. The number of likely N-dealkylation sites (N-methyl/N-ethyl adjacent to an activating group) is 1. The molecule has 0 aromatic rings. The van der Waals surface area contributed by atoms with Crippen molar-refractivity contribution in [2.24, 2.45) is 28.9 Å². The number of likely N-dealkylation sites (tertiary alicyclic amines) is 1. The lowest BCUT2D eigenvalue weighted by atomic mass is 9.46. The zero-order chi connectivity index (χ0) is 23.4. The van der Waals surface area contributed by atoms with E-state index in [-0.39, 0.29) is 17.9 Å². The van der Waals surface area contributed by atoms with Crippen molar-refractivity contribution in [1.29, 1.82) is 5.26 Å². The number of carbonyl (C=O) groups is 2. The van der Waals surface area contributed by atoms with Gasteiger partial charge in [-0.15, -0.1) is 0 Å². The summed E-state index contributed by atoms with van der Waals surface area (Å²) in [4.78, 5) is 28.3. The summed E-state index contributed by atoms with van der Waals surface area (Å²) < 4.78 is 6.13. The lowest BCUT2D eigenvalue weighted by Crippen LogP contribution is -2.66. The molecule has 4 N–H and O–H groups in total. The number of rotatable bonds is 6. The highest BCUT2D eigenvalue weighted by Gasteiger charge is 2.63. The van der Waals surface area contributed by atoms with Crippen LogP contribution in [0.3, 0.4) is 0 Å². The van der Waals surface area contributed by atoms with E-state index in [9.17, 15) is 20.0 Å². The van der Waals surface area contributed by atoms with E-state index in [1.165, 1.54) is 0 Å². The highest BCUT2D eigenvalue weighted by molar-refractivity contribution is 5.84. The van der Waals surface area contributed by atoms with Gasteiger partial charge in [-0.05, 0) is 89.0 Å². The predicted octanol–water partition coefficient (Wildman–Crippen LogP) is 1.31. The maximum atomic E-state index is 13.7. The first-order chi connectivity index (χ1) is 15.0. The molecule has 4 saturated carbocycles. The molecule has 0 aromatic heterocycles. The van der Waals surface area contributed by atoms with Crippen molar-refractivity contribution in [1.82, 2.24) is 10.2 Å². The molecule has 32 heavy (non-hydrogen) atoms. The fourth-order valence-corrected chi connectivity index (χ4v) is 7.68. The molecule has 8 nitrogen and oxygen atoms in total. The summed E-state index contributed by atoms with van der Waals surface area (Å²) in [5.74, 6) is 0.451. The lowest BCUT2D eigenvalue weighted by Gasteiger charge is -2.62. The van der Waals surface area contributed by atoms with E-state index < -0.39 is 41.2 Å². The second kappa shape index (κ2) is 8.27. The standard InChI is InChI=1S/C24H38N4O4/c1-13-5-18(11-25)28(14(13)2)21(30)20(26)23-7-16-6-17(8-23)10-24(9-16,12-23)32-22(31)19(27-4)15(3)29/h13-20,27,29H,5-10,12,26H2,1-4H3/t13-,14?,15?,16?,17?,18-,19-,20+,23?,24?/m0/s1. The van der Waals surface area contributed by atoms with Crippen LogP contribution in [0.25, 0.3) is 0 Å². The van der Waals surface area contributed by atoms with E-state index in [1.54, 1.807) is 18.9 Å². The van der Waals surface area contributed by atoms with Gasteiger partial charge in [0.15, 0.2) is 0 Å². The molecule has 5 aliphatic rings. The van der Waals surface area contributed by atoms with Crippen molar-refractivity contribution in [3.05, 3.63) is 0 Å². The minimum atomic E-state index is -0.860. The Morgan fingerprint density at radius 1 is 1.22 bits per heavy atom. The molecular formula is C24H38N4O4. The third kappa shape index (κ3) is 3.72. The van der Waals surface area contributed by atoms with Gasteiger partial charge < -0.3 is 25.8 Å². The first kappa shape index (κ1) is 23.5. The van der Waals surface area contributed by atoms with E-state index in [0.717, 1.165) is 32.1 Å². The summed E-state index contributed by atoms with van der Waals surface area (Å²) in [6, 6.07) is 0.373. The topological polar surface area (TPSA) is 129 Å². The quantitative estimate of drug-likeness (QED) is 0.525. The van der Waals surface area contributed by atoms with Gasteiger partial charge >= 0.3 is 5.97 Å². The van der Waals surface area contributed by atoms with Gasteiger partial charge in [0, 0.05) is 6.04 Å². The molecule has 178 valence electrons. The zero-order valence-corrected chi connectivity index (χ0v) is 19.7. The van der Waals surface area contributed by atoms with Crippen LogP contribution in [0.1, 0.15) is 65.7 Å². The van der Waals surface area contributed by atoms with Crippen LogP contribution in [-0.4, -0.2) is 64.8 Å². The number of nitrogens with zero attached hydrogens (tertiary/aromatic N) is 2. The van der Waals surface area contributed by atoms with Gasteiger partial charge in [0.2, 0.25) is 5.91 Å². The first-order valence-electron chi connectivity index (χ1n) is 12.1. The summed E-state index contributed by atoms with van der Waals surface area (Å²) in [7, 11) is 1.64. The summed E-state index contributed by atoms with van der Waals surface area (Å²) in [5.41, 5.74) is 5.72. The number of amides is 1. The molecule has 8 atom stereocenters. The van der Waals surface area contributed by atoms with E-state index in [4.69, 9.17) is 10.5 Å². The number of ether oxygens (including phenoxy) is 1. The molecule has 8 heteroatoms. The summed E-state index contributed by atoms with van der Waals surface area (Å²) >= 11 is 0. The number of aliphatic hydroxyl groups is 1. The Labute approximate surface area is 190 Å². The molecule has 5 rings (SSSR count).